The Morgan fingerprint density at radius 2 is 1.86 bits per heavy atom. The molecule has 1 aromatic carbocycles. The lowest BCUT2D eigenvalue weighted by atomic mass is 10.2. The van der Waals surface area contributed by atoms with E-state index in [9.17, 15) is 18.0 Å². The molecule has 0 aliphatic carbocycles. The van der Waals surface area contributed by atoms with Crippen LogP contribution in [-0.2, 0) is 11.0 Å². The zero-order chi connectivity index (χ0) is 20.9. The minimum atomic E-state index is -4.37. The van der Waals surface area contributed by atoms with Crippen molar-refractivity contribution in [2.24, 2.45) is 0 Å². The van der Waals surface area contributed by atoms with E-state index < -0.39 is 11.7 Å². The number of amides is 1. The number of nitrogens with one attached hydrogen (secondary N) is 1. The second-order valence-corrected chi connectivity index (χ2v) is 7.58. The van der Waals surface area contributed by atoms with Gasteiger partial charge < -0.3 is 10.2 Å². The number of alkyl halides is 3. The van der Waals surface area contributed by atoms with Crippen LogP contribution in [0.4, 0.5) is 24.7 Å². The first-order valence-electron chi connectivity index (χ1n) is 9.30. The zero-order valence-corrected chi connectivity index (χ0v) is 16.9. The molecule has 1 fully saturated rings. The van der Waals surface area contributed by atoms with E-state index in [0.717, 1.165) is 35.9 Å². The van der Waals surface area contributed by atoms with E-state index in [1.165, 1.54) is 6.07 Å². The fraction of sp³-hybridized carbons (Fsp3) is 0.400. The second kappa shape index (κ2) is 9.49. The largest absolute Gasteiger partial charge is 0.417 e. The van der Waals surface area contributed by atoms with Crippen molar-refractivity contribution in [1.82, 2.24) is 9.88 Å². The molecule has 1 aliphatic heterocycles. The fourth-order valence-corrected chi connectivity index (χ4v) is 3.72. The summed E-state index contributed by atoms with van der Waals surface area (Å²) in [6, 6.07) is 10.2. The monoisotopic (exact) mass is 424 g/mol. The molecule has 1 saturated heterocycles. The van der Waals surface area contributed by atoms with Gasteiger partial charge in [-0.05, 0) is 30.5 Å². The molecule has 0 bridgehead atoms. The highest BCUT2D eigenvalue weighted by Gasteiger charge is 2.31. The molecule has 0 unspecified atom stereocenters. The Labute approximate surface area is 172 Å². The maximum absolute atomic E-state index is 12.6. The summed E-state index contributed by atoms with van der Waals surface area (Å²) >= 11 is 1.58. The summed E-state index contributed by atoms with van der Waals surface area (Å²) in [6.07, 6.45) is -1.14. The number of hydrogen-bond donors (Lipinski definition) is 1. The van der Waals surface area contributed by atoms with Gasteiger partial charge in [-0.1, -0.05) is 12.1 Å². The standard InChI is InChI=1S/C20H23F3N4OS/c1-29-17-5-3-2-4-16(17)25-19(28)8-9-26-10-12-27(13-11-26)18-7-6-15(14-24-18)20(21,22)23/h2-7,14H,8-13H2,1H3,(H,25,28). The number of carbonyl (C=O) groups is 1. The van der Waals surface area contributed by atoms with E-state index in [0.29, 0.717) is 31.9 Å². The first-order valence-corrected chi connectivity index (χ1v) is 10.5. The molecule has 29 heavy (non-hydrogen) atoms. The highest BCUT2D eigenvalue weighted by atomic mass is 32.2. The molecular formula is C20H23F3N4OS. The van der Waals surface area contributed by atoms with Gasteiger partial charge in [-0.2, -0.15) is 13.2 Å². The predicted molar refractivity (Wildman–Crippen MR) is 109 cm³/mol. The van der Waals surface area contributed by atoms with Crippen LogP contribution in [0.2, 0.25) is 0 Å². The van der Waals surface area contributed by atoms with Crippen molar-refractivity contribution >= 4 is 29.2 Å². The third-order valence-corrected chi connectivity index (χ3v) is 5.60. The van der Waals surface area contributed by atoms with Crippen molar-refractivity contribution in [3.05, 3.63) is 48.2 Å². The number of rotatable bonds is 6. The molecule has 1 aromatic heterocycles. The third-order valence-electron chi connectivity index (χ3n) is 4.81. The van der Waals surface area contributed by atoms with Gasteiger partial charge in [0.15, 0.2) is 0 Å². The van der Waals surface area contributed by atoms with Crippen LogP contribution in [0.15, 0.2) is 47.5 Å². The number of halogens is 3. The van der Waals surface area contributed by atoms with Crippen molar-refractivity contribution in [3.63, 3.8) is 0 Å². The quantitative estimate of drug-likeness (QED) is 0.711. The Balaban J connectivity index is 1.44. The molecule has 1 aliphatic rings. The van der Waals surface area contributed by atoms with Crippen molar-refractivity contribution < 1.29 is 18.0 Å². The average Bonchev–Trinajstić information content (AvgIpc) is 2.72. The Hall–Kier alpha value is -2.26. The van der Waals surface area contributed by atoms with Crippen molar-refractivity contribution in [2.75, 3.05) is 49.2 Å². The van der Waals surface area contributed by atoms with Gasteiger partial charge in [-0.25, -0.2) is 4.98 Å². The molecule has 2 heterocycles. The maximum Gasteiger partial charge on any atom is 0.417 e. The van der Waals surface area contributed by atoms with E-state index in [1.54, 1.807) is 11.8 Å². The van der Waals surface area contributed by atoms with Crippen molar-refractivity contribution in [3.8, 4) is 0 Å². The van der Waals surface area contributed by atoms with Crippen LogP contribution in [0, 0.1) is 0 Å². The Kier molecular flexibility index (Phi) is 7.02. The maximum atomic E-state index is 12.6. The van der Waals surface area contributed by atoms with Gasteiger partial charge in [0.25, 0.3) is 0 Å². The minimum Gasteiger partial charge on any atom is -0.354 e. The van der Waals surface area contributed by atoms with E-state index in [1.807, 2.05) is 35.4 Å². The minimum absolute atomic E-state index is 0.0293. The highest BCUT2D eigenvalue weighted by molar-refractivity contribution is 7.98. The summed E-state index contributed by atoms with van der Waals surface area (Å²) < 4.78 is 37.9. The summed E-state index contributed by atoms with van der Waals surface area (Å²) in [5.41, 5.74) is 0.0807. The number of nitrogens with zero attached hydrogens (tertiary/aromatic N) is 3. The first-order chi connectivity index (χ1) is 13.9. The number of thioether (sulfide) groups is 1. The van der Waals surface area contributed by atoms with E-state index >= 15 is 0 Å². The molecule has 9 heteroatoms. The van der Waals surface area contributed by atoms with Crippen LogP contribution in [-0.4, -0.2) is 54.8 Å². The molecular weight excluding hydrogens is 401 g/mol. The van der Waals surface area contributed by atoms with Gasteiger partial charge in [0, 0.05) is 50.2 Å². The molecule has 0 spiro atoms. The van der Waals surface area contributed by atoms with Gasteiger partial charge in [0.05, 0.1) is 11.3 Å². The van der Waals surface area contributed by atoms with E-state index in [-0.39, 0.29) is 5.91 Å². The van der Waals surface area contributed by atoms with Gasteiger partial charge in [-0.15, -0.1) is 11.8 Å². The molecule has 0 saturated carbocycles. The molecule has 1 N–H and O–H groups in total. The fourth-order valence-electron chi connectivity index (χ4n) is 3.16. The van der Waals surface area contributed by atoms with Gasteiger partial charge in [-0.3, -0.25) is 9.69 Å². The Bertz CT molecular complexity index is 821. The number of piperazine rings is 1. The summed E-state index contributed by atoms with van der Waals surface area (Å²) in [7, 11) is 0. The molecule has 3 rings (SSSR count). The van der Waals surface area contributed by atoms with E-state index in [2.05, 4.69) is 15.2 Å². The average molecular weight is 424 g/mol. The van der Waals surface area contributed by atoms with Crippen LogP contribution in [0.25, 0.3) is 0 Å². The van der Waals surface area contributed by atoms with Crippen LogP contribution in [0.1, 0.15) is 12.0 Å². The second-order valence-electron chi connectivity index (χ2n) is 6.73. The Morgan fingerprint density at radius 3 is 2.48 bits per heavy atom. The van der Waals surface area contributed by atoms with Crippen LogP contribution in [0.5, 0.6) is 0 Å². The number of para-hydroxylation sites is 1. The highest BCUT2D eigenvalue weighted by Crippen LogP contribution is 2.29. The molecule has 0 atom stereocenters. The van der Waals surface area contributed by atoms with Crippen molar-refractivity contribution in [2.45, 2.75) is 17.5 Å². The predicted octanol–water partition coefficient (Wildman–Crippen LogP) is 3.97. The number of benzene rings is 1. The molecule has 1 amide bonds. The summed E-state index contributed by atoms with van der Waals surface area (Å²) in [6.45, 7) is 3.43. The zero-order valence-electron chi connectivity index (χ0n) is 16.1. The van der Waals surface area contributed by atoms with Crippen LogP contribution >= 0.6 is 11.8 Å². The summed E-state index contributed by atoms with van der Waals surface area (Å²) in [5, 5.41) is 2.95. The lowest BCUT2D eigenvalue weighted by Crippen LogP contribution is -2.47. The van der Waals surface area contributed by atoms with E-state index in [4.69, 9.17) is 0 Å². The lowest BCUT2D eigenvalue weighted by Gasteiger charge is -2.35. The normalized spacial score (nSPS) is 15.4. The van der Waals surface area contributed by atoms with Gasteiger partial charge in [0.1, 0.15) is 5.82 Å². The number of carbonyl (C=O) groups excluding carboxylic acids is 1. The topological polar surface area (TPSA) is 48.5 Å². The summed E-state index contributed by atoms with van der Waals surface area (Å²) in [4.78, 5) is 21.4. The van der Waals surface area contributed by atoms with Gasteiger partial charge in [0.2, 0.25) is 5.91 Å². The third kappa shape index (κ3) is 5.86. The first kappa shape index (κ1) is 21.4. The molecule has 5 nitrogen and oxygen atoms in total. The molecule has 0 radical (unpaired) electrons. The molecule has 156 valence electrons. The number of pyridine rings is 1. The number of hydrogen-bond acceptors (Lipinski definition) is 5. The Morgan fingerprint density at radius 1 is 1.14 bits per heavy atom. The van der Waals surface area contributed by atoms with Crippen LogP contribution in [0.3, 0.4) is 0 Å². The smallest absolute Gasteiger partial charge is 0.354 e. The SMILES string of the molecule is CSc1ccccc1NC(=O)CCN1CCN(c2ccc(C(F)(F)F)cn2)CC1. The molecule has 2 aromatic rings. The summed E-state index contributed by atoms with van der Waals surface area (Å²) in [5.74, 6) is 0.516. The van der Waals surface area contributed by atoms with Crippen molar-refractivity contribution in [1.29, 1.82) is 0 Å². The number of anilines is 2. The van der Waals surface area contributed by atoms with Gasteiger partial charge >= 0.3 is 6.18 Å². The van der Waals surface area contributed by atoms with Crippen LogP contribution < -0.4 is 10.2 Å². The lowest BCUT2D eigenvalue weighted by molar-refractivity contribution is -0.137. The number of aromatic nitrogens is 1.